The molecular formula is C15H26N2O3S. The normalized spacial score (nSPS) is 12.3. The van der Waals surface area contributed by atoms with Crippen molar-refractivity contribution >= 4 is 10.0 Å². The largest absolute Gasteiger partial charge is 0.396 e. The van der Waals surface area contributed by atoms with Crippen LogP contribution in [0, 0.1) is 0 Å². The van der Waals surface area contributed by atoms with Gasteiger partial charge >= 0.3 is 0 Å². The minimum Gasteiger partial charge on any atom is -0.396 e. The summed E-state index contributed by atoms with van der Waals surface area (Å²) in [4.78, 5) is 2.29. The van der Waals surface area contributed by atoms with Gasteiger partial charge in [0.15, 0.2) is 0 Å². The number of nitrogens with zero attached hydrogens (tertiary/aromatic N) is 2. The number of benzene rings is 1. The summed E-state index contributed by atoms with van der Waals surface area (Å²) in [6.07, 6.45) is 1.33. The van der Waals surface area contributed by atoms with Crippen molar-refractivity contribution in [1.82, 2.24) is 9.21 Å². The minimum absolute atomic E-state index is 0.0664. The molecule has 0 spiro atoms. The molecule has 0 radical (unpaired) electrons. The third kappa shape index (κ3) is 5.39. The van der Waals surface area contributed by atoms with Crippen molar-refractivity contribution in [3.05, 3.63) is 29.8 Å². The van der Waals surface area contributed by atoms with Crippen LogP contribution in [-0.4, -0.2) is 63.1 Å². The van der Waals surface area contributed by atoms with Gasteiger partial charge in [0, 0.05) is 26.2 Å². The Kier molecular flexibility index (Phi) is 7.31. The van der Waals surface area contributed by atoms with Crippen LogP contribution in [0.1, 0.15) is 18.9 Å². The predicted molar refractivity (Wildman–Crippen MR) is 84.8 cm³/mol. The number of hydrogen-bond donors (Lipinski definition) is 1. The highest BCUT2D eigenvalue weighted by Crippen LogP contribution is 2.17. The lowest BCUT2D eigenvalue weighted by Gasteiger charge is -2.23. The fraction of sp³-hybridized carbons (Fsp3) is 0.600. The van der Waals surface area contributed by atoms with Crippen LogP contribution < -0.4 is 0 Å². The maximum atomic E-state index is 12.7. The molecule has 0 amide bonds. The van der Waals surface area contributed by atoms with E-state index in [2.05, 4.69) is 0 Å². The first kappa shape index (κ1) is 18.1. The van der Waals surface area contributed by atoms with Crippen molar-refractivity contribution in [2.75, 3.05) is 40.3 Å². The zero-order valence-corrected chi connectivity index (χ0v) is 13.9. The van der Waals surface area contributed by atoms with Crippen molar-refractivity contribution in [2.24, 2.45) is 0 Å². The second-order valence-corrected chi connectivity index (χ2v) is 7.26. The molecule has 0 saturated carbocycles. The van der Waals surface area contributed by atoms with Crippen LogP contribution in [0.3, 0.4) is 0 Å². The molecule has 1 rings (SSSR count). The third-order valence-electron chi connectivity index (χ3n) is 3.23. The van der Waals surface area contributed by atoms with Gasteiger partial charge in [0.2, 0.25) is 10.0 Å². The first-order chi connectivity index (χ1) is 9.91. The van der Waals surface area contributed by atoms with Crippen LogP contribution in [0.15, 0.2) is 29.2 Å². The van der Waals surface area contributed by atoms with E-state index in [1.165, 1.54) is 4.31 Å². The number of rotatable bonds is 9. The molecule has 0 aliphatic rings. The molecule has 0 atom stereocenters. The quantitative estimate of drug-likeness (QED) is 0.744. The van der Waals surface area contributed by atoms with Crippen LogP contribution in [0.5, 0.6) is 0 Å². The summed E-state index contributed by atoms with van der Waals surface area (Å²) in [7, 11) is 0.416. The average Bonchev–Trinajstić information content (AvgIpc) is 2.44. The molecule has 0 aromatic heterocycles. The van der Waals surface area contributed by atoms with Gasteiger partial charge in [-0.1, -0.05) is 19.1 Å². The summed E-state index contributed by atoms with van der Waals surface area (Å²) >= 11 is 0. The Labute approximate surface area is 128 Å². The average molecular weight is 314 g/mol. The van der Waals surface area contributed by atoms with Crippen molar-refractivity contribution < 1.29 is 13.5 Å². The summed E-state index contributed by atoms with van der Waals surface area (Å²) in [6, 6.07) is 6.77. The van der Waals surface area contributed by atoms with E-state index in [0.29, 0.717) is 31.0 Å². The Morgan fingerprint density at radius 3 is 2.14 bits per heavy atom. The van der Waals surface area contributed by atoms with Gasteiger partial charge in [-0.2, -0.15) is 4.31 Å². The molecular weight excluding hydrogens is 288 g/mol. The molecule has 1 aromatic carbocycles. The van der Waals surface area contributed by atoms with Crippen molar-refractivity contribution in [2.45, 2.75) is 24.7 Å². The molecule has 6 heteroatoms. The first-order valence-electron chi connectivity index (χ1n) is 7.26. The summed E-state index contributed by atoms with van der Waals surface area (Å²) in [5.74, 6) is 0. The summed E-state index contributed by atoms with van der Waals surface area (Å²) in [5.41, 5.74) is 0.937. The number of likely N-dealkylation sites (N-methyl/N-ethyl adjacent to an activating group) is 1. The zero-order valence-electron chi connectivity index (χ0n) is 13.1. The summed E-state index contributed by atoms with van der Waals surface area (Å²) < 4.78 is 26.9. The lowest BCUT2D eigenvalue weighted by Crippen LogP contribution is -2.37. The van der Waals surface area contributed by atoms with E-state index >= 15 is 0 Å². The first-order valence-corrected chi connectivity index (χ1v) is 8.70. The Bertz CT molecular complexity index is 512. The van der Waals surface area contributed by atoms with E-state index in [9.17, 15) is 8.42 Å². The van der Waals surface area contributed by atoms with Gasteiger partial charge in [0.05, 0.1) is 4.90 Å². The molecule has 5 nitrogen and oxygen atoms in total. The van der Waals surface area contributed by atoms with E-state index in [0.717, 1.165) is 12.0 Å². The molecule has 0 fully saturated rings. The molecule has 0 aliphatic carbocycles. The highest BCUT2D eigenvalue weighted by atomic mass is 32.2. The zero-order chi connectivity index (χ0) is 15.9. The van der Waals surface area contributed by atoms with E-state index in [4.69, 9.17) is 5.11 Å². The predicted octanol–water partition coefficient (Wildman–Crippen LogP) is 1.18. The van der Waals surface area contributed by atoms with Crippen molar-refractivity contribution in [1.29, 1.82) is 0 Å². The van der Waals surface area contributed by atoms with Crippen molar-refractivity contribution in [3.8, 4) is 0 Å². The van der Waals surface area contributed by atoms with Crippen molar-refractivity contribution in [3.63, 3.8) is 0 Å². The Morgan fingerprint density at radius 1 is 1.05 bits per heavy atom. The lowest BCUT2D eigenvalue weighted by atomic mass is 10.2. The van der Waals surface area contributed by atoms with Gasteiger partial charge in [-0.25, -0.2) is 8.42 Å². The van der Waals surface area contributed by atoms with Crippen LogP contribution in [0.25, 0.3) is 0 Å². The fourth-order valence-corrected chi connectivity index (χ4v) is 3.54. The SMILES string of the molecule is CCCN(CCN(C)C)S(=O)(=O)c1ccc(CCO)cc1. The van der Waals surface area contributed by atoms with Gasteiger partial charge < -0.3 is 10.0 Å². The number of aliphatic hydroxyl groups excluding tert-OH is 1. The maximum Gasteiger partial charge on any atom is 0.243 e. The van der Waals surface area contributed by atoms with Gasteiger partial charge in [0.25, 0.3) is 0 Å². The lowest BCUT2D eigenvalue weighted by molar-refractivity contribution is 0.299. The topological polar surface area (TPSA) is 60.9 Å². The maximum absolute atomic E-state index is 12.7. The van der Waals surface area contributed by atoms with Gasteiger partial charge in [-0.3, -0.25) is 0 Å². The fourth-order valence-electron chi connectivity index (χ4n) is 2.02. The van der Waals surface area contributed by atoms with E-state index in [-0.39, 0.29) is 6.61 Å². The number of aliphatic hydroxyl groups is 1. The molecule has 1 aromatic rings. The van der Waals surface area contributed by atoms with Crippen LogP contribution in [0.4, 0.5) is 0 Å². The van der Waals surface area contributed by atoms with Gasteiger partial charge in [-0.15, -0.1) is 0 Å². The van der Waals surface area contributed by atoms with Crippen LogP contribution in [0.2, 0.25) is 0 Å². The highest BCUT2D eigenvalue weighted by molar-refractivity contribution is 7.89. The Morgan fingerprint density at radius 2 is 1.67 bits per heavy atom. The van der Waals surface area contributed by atoms with Crippen LogP contribution in [-0.2, 0) is 16.4 Å². The second kappa shape index (κ2) is 8.48. The summed E-state index contributed by atoms with van der Waals surface area (Å²) in [6.45, 7) is 3.75. The number of hydrogen-bond acceptors (Lipinski definition) is 4. The molecule has 1 N–H and O–H groups in total. The van der Waals surface area contributed by atoms with E-state index in [1.54, 1.807) is 24.3 Å². The monoisotopic (exact) mass is 314 g/mol. The Balaban J connectivity index is 2.93. The van der Waals surface area contributed by atoms with Gasteiger partial charge in [-0.05, 0) is 44.6 Å². The minimum atomic E-state index is -3.45. The molecule has 0 bridgehead atoms. The number of sulfonamides is 1. The standard InChI is InChI=1S/C15H26N2O3S/c1-4-10-17(12-11-16(2)3)21(19,20)15-7-5-14(6-8-15)9-13-18/h5-8,18H,4,9-13H2,1-3H3. The molecule has 21 heavy (non-hydrogen) atoms. The summed E-state index contributed by atoms with van der Waals surface area (Å²) in [5, 5.41) is 8.90. The molecule has 0 unspecified atom stereocenters. The smallest absolute Gasteiger partial charge is 0.243 e. The van der Waals surface area contributed by atoms with Gasteiger partial charge in [0.1, 0.15) is 0 Å². The highest BCUT2D eigenvalue weighted by Gasteiger charge is 2.23. The molecule has 0 heterocycles. The second-order valence-electron chi connectivity index (χ2n) is 5.32. The van der Waals surface area contributed by atoms with Crippen LogP contribution >= 0.6 is 0 Å². The van der Waals surface area contributed by atoms with E-state index < -0.39 is 10.0 Å². The molecule has 0 aliphatic heterocycles. The Hall–Kier alpha value is -0.950. The van der Waals surface area contributed by atoms with E-state index in [1.807, 2.05) is 25.9 Å². The molecule has 120 valence electrons. The third-order valence-corrected chi connectivity index (χ3v) is 5.14. The molecule has 0 saturated heterocycles.